The van der Waals surface area contributed by atoms with Gasteiger partial charge in [0.05, 0.1) is 5.41 Å². The van der Waals surface area contributed by atoms with Gasteiger partial charge in [-0.25, -0.2) is 0 Å². The molecular formula is C25H24BrF2O5P. The average Bonchev–Trinajstić information content (AvgIpc) is 2.77. The molecule has 0 aliphatic carbocycles. The van der Waals surface area contributed by atoms with E-state index in [2.05, 4.69) is 20.5 Å². The van der Waals surface area contributed by atoms with Gasteiger partial charge >= 0.3 is 19.2 Å². The SMILES string of the molecule is CC(C)(C)C(=O)OCOP(=O)(O)C(F)(F)c1cc2cc(/C=C/c3ccccc3)ccc2cc1Br. The van der Waals surface area contributed by atoms with E-state index in [1.165, 1.54) is 6.07 Å². The number of hydrogen-bond donors (Lipinski definition) is 1. The number of fused-ring (bicyclic) bond motifs is 1. The number of esters is 1. The molecule has 0 aliphatic rings. The summed E-state index contributed by atoms with van der Waals surface area (Å²) < 4.78 is 51.8. The zero-order chi connectivity index (χ0) is 25.1. The fraction of sp³-hybridized carbons (Fsp3) is 0.240. The highest BCUT2D eigenvalue weighted by molar-refractivity contribution is 9.10. The third-order valence-electron chi connectivity index (χ3n) is 4.93. The Bertz CT molecular complexity index is 1270. The number of hydrogen-bond acceptors (Lipinski definition) is 4. The van der Waals surface area contributed by atoms with Crippen LogP contribution in [0.2, 0.25) is 0 Å². The summed E-state index contributed by atoms with van der Waals surface area (Å²) in [6.07, 6.45) is 3.74. The predicted molar refractivity (Wildman–Crippen MR) is 132 cm³/mol. The summed E-state index contributed by atoms with van der Waals surface area (Å²) in [5.74, 6) is -0.751. The summed E-state index contributed by atoms with van der Waals surface area (Å²) in [6.45, 7) is 3.59. The highest BCUT2D eigenvalue weighted by atomic mass is 79.9. The first-order valence-corrected chi connectivity index (χ1v) is 12.7. The monoisotopic (exact) mass is 552 g/mol. The van der Waals surface area contributed by atoms with Crippen LogP contribution in [0.5, 0.6) is 0 Å². The summed E-state index contributed by atoms with van der Waals surface area (Å²) in [7, 11) is -5.55. The zero-order valence-electron chi connectivity index (χ0n) is 18.8. The van der Waals surface area contributed by atoms with Gasteiger partial charge in [0.15, 0.2) is 0 Å². The molecule has 3 aromatic carbocycles. The molecule has 0 saturated carbocycles. The van der Waals surface area contributed by atoms with Crippen molar-refractivity contribution in [1.29, 1.82) is 0 Å². The number of carbonyl (C=O) groups is 1. The smallest absolute Gasteiger partial charge is 0.404 e. The lowest BCUT2D eigenvalue weighted by Crippen LogP contribution is -2.25. The van der Waals surface area contributed by atoms with E-state index < -0.39 is 37.0 Å². The Balaban J connectivity index is 1.87. The Morgan fingerprint density at radius 2 is 1.65 bits per heavy atom. The van der Waals surface area contributed by atoms with Crippen molar-refractivity contribution in [2.45, 2.75) is 26.4 Å². The molecule has 5 nitrogen and oxygen atoms in total. The number of ether oxygens (including phenoxy) is 1. The normalized spacial score (nSPS) is 14.3. The topological polar surface area (TPSA) is 72.8 Å². The summed E-state index contributed by atoms with van der Waals surface area (Å²) >= 11 is 3.08. The number of carbonyl (C=O) groups excluding carboxylic acids is 1. The van der Waals surface area contributed by atoms with Crippen molar-refractivity contribution in [3.63, 3.8) is 0 Å². The standard InChI is InChI=1S/C25H24BrF2O5P/c1-24(2,3)23(29)32-16-33-34(30,31)25(27,28)21-14-20-13-18(11-12-19(20)15-22(21)26)10-9-17-7-5-4-6-8-17/h4-15H,16H2,1-3H3,(H,30,31)/b10-9+. The van der Waals surface area contributed by atoms with Crippen LogP contribution in [0.4, 0.5) is 8.78 Å². The van der Waals surface area contributed by atoms with Crippen molar-refractivity contribution < 1.29 is 32.3 Å². The van der Waals surface area contributed by atoms with Gasteiger partial charge < -0.3 is 9.63 Å². The molecule has 1 unspecified atom stereocenters. The lowest BCUT2D eigenvalue weighted by atomic mass is 9.98. The van der Waals surface area contributed by atoms with Gasteiger partial charge in [-0.1, -0.05) is 70.5 Å². The molecule has 0 amide bonds. The summed E-state index contributed by atoms with van der Waals surface area (Å²) in [5.41, 5.74) is -4.14. The lowest BCUT2D eigenvalue weighted by Gasteiger charge is -2.24. The van der Waals surface area contributed by atoms with E-state index >= 15 is 8.78 Å². The maximum atomic E-state index is 15.1. The molecule has 1 N–H and O–H groups in total. The van der Waals surface area contributed by atoms with E-state index in [9.17, 15) is 14.3 Å². The summed E-state index contributed by atoms with van der Waals surface area (Å²) in [5, 5.41) is 1.11. The minimum atomic E-state index is -5.55. The predicted octanol–water partition coefficient (Wildman–Crippen LogP) is 7.57. The van der Waals surface area contributed by atoms with Crippen LogP contribution in [-0.2, 0) is 24.3 Å². The van der Waals surface area contributed by atoms with E-state index in [-0.39, 0.29) is 4.47 Å². The lowest BCUT2D eigenvalue weighted by molar-refractivity contribution is -0.160. The van der Waals surface area contributed by atoms with Crippen molar-refractivity contribution in [3.05, 3.63) is 81.8 Å². The molecule has 3 aromatic rings. The second kappa shape index (κ2) is 10.1. The summed E-state index contributed by atoms with van der Waals surface area (Å²) in [4.78, 5) is 21.8. The second-order valence-corrected chi connectivity index (χ2v) is 11.4. The van der Waals surface area contributed by atoms with Gasteiger partial charge in [0, 0.05) is 10.0 Å². The first kappa shape index (κ1) is 26.2. The van der Waals surface area contributed by atoms with Crippen LogP contribution >= 0.6 is 23.5 Å². The molecule has 0 aliphatic heterocycles. The van der Waals surface area contributed by atoms with Crippen LogP contribution in [0.25, 0.3) is 22.9 Å². The molecule has 0 saturated heterocycles. The van der Waals surface area contributed by atoms with Crippen LogP contribution in [0, 0.1) is 5.41 Å². The molecule has 34 heavy (non-hydrogen) atoms. The highest BCUT2D eigenvalue weighted by Crippen LogP contribution is 2.64. The number of benzene rings is 3. The van der Waals surface area contributed by atoms with Gasteiger partial charge in [0.2, 0.25) is 6.79 Å². The molecule has 9 heteroatoms. The Morgan fingerprint density at radius 1 is 1.00 bits per heavy atom. The third kappa shape index (κ3) is 5.99. The van der Waals surface area contributed by atoms with Gasteiger partial charge in [0.25, 0.3) is 0 Å². The van der Waals surface area contributed by atoms with Crippen molar-refractivity contribution in [1.82, 2.24) is 0 Å². The molecule has 0 radical (unpaired) electrons. The Labute approximate surface area is 205 Å². The first-order valence-electron chi connectivity index (χ1n) is 10.3. The Hall–Kier alpha value is -2.38. The van der Waals surface area contributed by atoms with Crippen LogP contribution in [0.1, 0.15) is 37.5 Å². The van der Waals surface area contributed by atoms with Crippen molar-refractivity contribution >= 4 is 52.4 Å². The van der Waals surface area contributed by atoms with E-state index in [1.54, 1.807) is 32.9 Å². The van der Waals surface area contributed by atoms with Gasteiger partial charge in [-0.15, -0.1) is 0 Å². The van der Waals surface area contributed by atoms with Crippen LogP contribution in [-0.4, -0.2) is 17.7 Å². The molecular weight excluding hydrogens is 529 g/mol. The Kier molecular flexibility index (Phi) is 7.78. The van der Waals surface area contributed by atoms with Gasteiger partial charge in [0.1, 0.15) is 0 Å². The number of halogens is 3. The van der Waals surface area contributed by atoms with Gasteiger partial charge in [-0.05, 0) is 60.9 Å². The second-order valence-electron chi connectivity index (χ2n) is 8.67. The third-order valence-corrected chi connectivity index (χ3v) is 6.99. The van der Waals surface area contributed by atoms with E-state index in [1.807, 2.05) is 48.6 Å². The summed E-state index contributed by atoms with van der Waals surface area (Å²) in [6, 6.07) is 17.5. The van der Waals surface area contributed by atoms with Crippen molar-refractivity contribution in [2.24, 2.45) is 5.41 Å². The molecule has 0 bridgehead atoms. The number of rotatable bonds is 7. The fourth-order valence-corrected chi connectivity index (χ4v) is 4.59. The maximum absolute atomic E-state index is 15.1. The van der Waals surface area contributed by atoms with Crippen LogP contribution in [0.15, 0.2) is 65.1 Å². The largest absolute Gasteiger partial charge is 0.438 e. The van der Waals surface area contributed by atoms with Crippen LogP contribution in [0.3, 0.4) is 0 Å². The van der Waals surface area contributed by atoms with Crippen molar-refractivity contribution in [3.8, 4) is 0 Å². The van der Waals surface area contributed by atoms with Gasteiger partial charge in [-0.2, -0.15) is 8.78 Å². The minimum Gasteiger partial charge on any atom is -0.438 e. The number of alkyl halides is 2. The molecule has 3 rings (SSSR count). The van der Waals surface area contributed by atoms with E-state index in [0.29, 0.717) is 10.8 Å². The molecule has 0 heterocycles. The highest BCUT2D eigenvalue weighted by Gasteiger charge is 2.54. The molecule has 1 atom stereocenters. The van der Waals surface area contributed by atoms with Crippen LogP contribution < -0.4 is 0 Å². The average molecular weight is 553 g/mol. The van der Waals surface area contributed by atoms with E-state index in [0.717, 1.165) is 17.2 Å². The quantitative estimate of drug-likeness (QED) is 0.141. The fourth-order valence-electron chi connectivity index (χ4n) is 2.98. The van der Waals surface area contributed by atoms with Gasteiger partial charge in [-0.3, -0.25) is 13.9 Å². The first-order chi connectivity index (χ1) is 15.8. The Morgan fingerprint density at radius 3 is 2.29 bits per heavy atom. The molecule has 0 aromatic heterocycles. The van der Waals surface area contributed by atoms with Crippen molar-refractivity contribution in [2.75, 3.05) is 6.79 Å². The van der Waals surface area contributed by atoms with E-state index in [4.69, 9.17) is 4.74 Å². The molecule has 180 valence electrons. The minimum absolute atomic E-state index is 0.0536. The maximum Gasteiger partial charge on any atom is 0.404 e. The molecule has 0 spiro atoms. The molecule has 0 fully saturated rings. The zero-order valence-corrected chi connectivity index (χ0v) is 21.3.